The largest absolute Gasteiger partial charge is 0.486 e. The molecule has 116 valence electrons. The van der Waals surface area contributed by atoms with Crippen molar-refractivity contribution in [2.45, 2.75) is 23.6 Å². The molecule has 0 saturated carbocycles. The van der Waals surface area contributed by atoms with E-state index in [4.69, 9.17) is 13.9 Å². The molecule has 1 aliphatic rings. The summed E-state index contributed by atoms with van der Waals surface area (Å²) in [6.07, 6.45) is 1.59. The van der Waals surface area contributed by atoms with E-state index in [1.54, 1.807) is 12.3 Å². The van der Waals surface area contributed by atoms with Gasteiger partial charge in [0.2, 0.25) is 5.91 Å². The molecule has 3 rings (SSSR count). The molecule has 22 heavy (non-hydrogen) atoms. The van der Waals surface area contributed by atoms with Crippen LogP contribution in [0.1, 0.15) is 12.7 Å². The molecule has 5 nitrogen and oxygen atoms in total. The first-order valence-electron chi connectivity index (χ1n) is 7.09. The summed E-state index contributed by atoms with van der Waals surface area (Å²) in [6.45, 7) is 3.40. The van der Waals surface area contributed by atoms with Gasteiger partial charge in [-0.05, 0) is 37.3 Å². The van der Waals surface area contributed by atoms with E-state index in [-0.39, 0.29) is 11.2 Å². The van der Waals surface area contributed by atoms with Gasteiger partial charge < -0.3 is 19.2 Å². The molecule has 0 unspecified atom stereocenters. The fraction of sp³-hybridized carbons (Fsp3) is 0.312. The zero-order valence-electron chi connectivity index (χ0n) is 12.2. The van der Waals surface area contributed by atoms with E-state index in [0.717, 1.165) is 22.2 Å². The highest BCUT2D eigenvalue weighted by atomic mass is 32.2. The Hall–Kier alpha value is -2.08. The van der Waals surface area contributed by atoms with Crippen LogP contribution >= 0.6 is 11.8 Å². The minimum atomic E-state index is -0.211. The van der Waals surface area contributed by atoms with Crippen LogP contribution < -0.4 is 14.8 Å². The van der Waals surface area contributed by atoms with Crippen molar-refractivity contribution in [3.8, 4) is 11.5 Å². The van der Waals surface area contributed by atoms with Crippen LogP contribution in [-0.4, -0.2) is 24.4 Å². The second-order valence-corrected chi connectivity index (χ2v) is 6.28. The van der Waals surface area contributed by atoms with Crippen molar-refractivity contribution in [2.75, 3.05) is 13.2 Å². The number of amides is 1. The maximum atomic E-state index is 12.1. The van der Waals surface area contributed by atoms with Crippen molar-refractivity contribution in [3.63, 3.8) is 0 Å². The normalized spacial score (nSPS) is 14.4. The number of furan rings is 1. The molecular formula is C16H17NO4S. The van der Waals surface area contributed by atoms with Crippen molar-refractivity contribution >= 4 is 17.7 Å². The zero-order valence-corrected chi connectivity index (χ0v) is 13.0. The van der Waals surface area contributed by atoms with Crippen molar-refractivity contribution in [1.29, 1.82) is 0 Å². The Morgan fingerprint density at radius 3 is 2.86 bits per heavy atom. The standard InChI is InChI=1S/C16H17NO4S/c1-11(16(18)17-10-12-3-2-6-19-12)22-13-4-5-14-15(9-13)21-8-7-20-14/h2-6,9,11H,7-8,10H2,1H3,(H,17,18)/t11-/m0/s1. The van der Waals surface area contributed by atoms with Crippen LogP contribution in [-0.2, 0) is 11.3 Å². The highest BCUT2D eigenvalue weighted by molar-refractivity contribution is 8.00. The molecule has 0 fully saturated rings. The molecule has 1 atom stereocenters. The van der Waals surface area contributed by atoms with Gasteiger partial charge in [0.25, 0.3) is 0 Å². The van der Waals surface area contributed by atoms with Crippen LogP contribution in [0.25, 0.3) is 0 Å². The lowest BCUT2D eigenvalue weighted by Gasteiger charge is -2.19. The molecule has 0 aliphatic carbocycles. The number of hydrogen-bond acceptors (Lipinski definition) is 5. The van der Waals surface area contributed by atoms with Gasteiger partial charge >= 0.3 is 0 Å². The van der Waals surface area contributed by atoms with Crippen molar-refractivity contribution in [2.24, 2.45) is 0 Å². The van der Waals surface area contributed by atoms with Gasteiger partial charge in [0.1, 0.15) is 19.0 Å². The van der Waals surface area contributed by atoms with E-state index in [0.29, 0.717) is 19.8 Å². The van der Waals surface area contributed by atoms with E-state index >= 15 is 0 Å². The number of ether oxygens (including phenoxy) is 2. The molecule has 1 N–H and O–H groups in total. The van der Waals surface area contributed by atoms with Crippen LogP contribution in [0.3, 0.4) is 0 Å². The molecule has 0 saturated heterocycles. The Kier molecular flexibility index (Phi) is 4.58. The molecule has 6 heteroatoms. The summed E-state index contributed by atoms with van der Waals surface area (Å²) in [6, 6.07) is 9.36. The third-order valence-corrected chi connectivity index (χ3v) is 4.31. The number of fused-ring (bicyclic) bond motifs is 1. The number of nitrogens with one attached hydrogen (secondary N) is 1. The van der Waals surface area contributed by atoms with E-state index in [1.807, 2.05) is 31.2 Å². The lowest BCUT2D eigenvalue weighted by Crippen LogP contribution is -2.30. The number of carbonyl (C=O) groups is 1. The highest BCUT2D eigenvalue weighted by Gasteiger charge is 2.17. The van der Waals surface area contributed by atoms with Gasteiger partial charge in [-0.3, -0.25) is 4.79 Å². The molecule has 0 radical (unpaired) electrons. The third kappa shape index (κ3) is 3.57. The van der Waals surface area contributed by atoms with Gasteiger partial charge in [-0.2, -0.15) is 0 Å². The molecule has 2 aromatic rings. The summed E-state index contributed by atoms with van der Waals surface area (Å²) in [4.78, 5) is 13.1. The van der Waals surface area contributed by atoms with E-state index in [9.17, 15) is 4.79 Å². The van der Waals surface area contributed by atoms with Crippen molar-refractivity contribution in [3.05, 3.63) is 42.4 Å². The number of rotatable bonds is 5. The van der Waals surface area contributed by atoms with E-state index in [2.05, 4.69) is 5.32 Å². The molecule has 2 heterocycles. The van der Waals surface area contributed by atoms with Gasteiger partial charge in [-0.15, -0.1) is 11.8 Å². The first kappa shape index (κ1) is 14.8. The topological polar surface area (TPSA) is 60.7 Å². The van der Waals surface area contributed by atoms with Crippen molar-refractivity contribution < 1.29 is 18.7 Å². The Balaban J connectivity index is 1.56. The third-order valence-electron chi connectivity index (χ3n) is 3.21. The molecule has 1 aromatic carbocycles. The maximum Gasteiger partial charge on any atom is 0.233 e. The second-order valence-electron chi connectivity index (χ2n) is 4.86. The molecular weight excluding hydrogens is 302 g/mol. The predicted molar refractivity (Wildman–Crippen MR) is 83.3 cm³/mol. The average Bonchev–Trinajstić information content (AvgIpc) is 3.06. The van der Waals surface area contributed by atoms with Gasteiger partial charge in [0.05, 0.1) is 18.1 Å². The first-order valence-corrected chi connectivity index (χ1v) is 7.97. The summed E-state index contributed by atoms with van der Waals surface area (Å²) in [5, 5.41) is 2.65. The van der Waals surface area contributed by atoms with E-state index < -0.39 is 0 Å². The Morgan fingerprint density at radius 2 is 2.09 bits per heavy atom. The molecule has 1 amide bonds. The zero-order chi connectivity index (χ0) is 15.4. The Labute approximate surface area is 133 Å². The maximum absolute atomic E-state index is 12.1. The number of hydrogen-bond donors (Lipinski definition) is 1. The minimum Gasteiger partial charge on any atom is -0.486 e. The summed E-state index contributed by atoms with van der Waals surface area (Å²) < 4.78 is 16.2. The highest BCUT2D eigenvalue weighted by Crippen LogP contribution is 2.35. The first-order chi connectivity index (χ1) is 10.7. The predicted octanol–water partition coefficient (Wildman–Crippen LogP) is 2.85. The fourth-order valence-corrected chi connectivity index (χ4v) is 3.01. The molecule has 1 aliphatic heterocycles. The van der Waals surface area contributed by atoms with Gasteiger partial charge in [-0.1, -0.05) is 0 Å². The van der Waals surface area contributed by atoms with Crippen LogP contribution in [0, 0.1) is 0 Å². The SMILES string of the molecule is C[C@H](Sc1ccc2c(c1)OCCO2)C(=O)NCc1ccco1. The molecule has 0 bridgehead atoms. The smallest absolute Gasteiger partial charge is 0.233 e. The number of benzene rings is 1. The van der Waals surface area contributed by atoms with Crippen LogP contribution in [0.15, 0.2) is 45.9 Å². The average molecular weight is 319 g/mol. The van der Waals surface area contributed by atoms with Gasteiger partial charge in [-0.25, -0.2) is 0 Å². The number of thioether (sulfide) groups is 1. The molecule has 1 aromatic heterocycles. The van der Waals surface area contributed by atoms with Crippen molar-refractivity contribution in [1.82, 2.24) is 5.32 Å². The lowest BCUT2D eigenvalue weighted by atomic mass is 10.3. The van der Waals surface area contributed by atoms with Crippen LogP contribution in [0.2, 0.25) is 0 Å². The quantitative estimate of drug-likeness (QED) is 0.859. The Bertz CT molecular complexity index is 642. The monoisotopic (exact) mass is 319 g/mol. The lowest BCUT2D eigenvalue weighted by molar-refractivity contribution is -0.120. The summed E-state index contributed by atoms with van der Waals surface area (Å²) in [5.74, 6) is 2.20. The number of carbonyl (C=O) groups excluding carboxylic acids is 1. The van der Waals surface area contributed by atoms with Gasteiger partial charge in [0, 0.05) is 4.90 Å². The Morgan fingerprint density at radius 1 is 1.27 bits per heavy atom. The van der Waals surface area contributed by atoms with Crippen LogP contribution in [0.5, 0.6) is 11.5 Å². The van der Waals surface area contributed by atoms with Gasteiger partial charge in [0.15, 0.2) is 11.5 Å². The van der Waals surface area contributed by atoms with E-state index in [1.165, 1.54) is 11.8 Å². The summed E-state index contributed by atoms with van der Waals surface area (Å²) in [7, 11) is 0. The fourth-order valence-electron chi connectivity index (χ4n) is 2.09. The second kappa shape index (κ2) is 6.79. The summed E-state index contributed by atoms with van der Waals surface area (Å²) in [5.41, 5.74) is 0. The minimum absolute atomic E-state index is 0.0312. The molecule has 0 spiro atoms. The van der Waals surface area contributed by atoms with Crippen LogP contribution in [0.4, 0.5) is 0 Å². The summed E-state index contributed by atoms with van der Waals surface area (Å²) >= 11 is 1.48.